The van der Waals surface area contributed by atoms with Gasteiger partial charge in [0.2, 0.25) is 5.91 Å². The summed E-state index contributed by atoms with van der Waals surface area (Å²) in [6.45, 7) is 7.72. The molecule has 0 heterocycles. The summed E-state index contributed by atoms with van der Waals surface area (Å²) in [5.74, 6) is -0.222. The standard InChI is InChI=1S/C16H23BrN2O3/c1-6-22-16(21)18-14(10(2)3)15(20)19(5)12-7-8-13(17)11(4)9-12/h7-10,14H,6H2,1-5H3,(H,18,21). The van der Waals surface area contributed by atoms with Gasteiger partial charge in [-0.2, -0.15) is 0 Å². The summed E-state index contributed by atoms with van der Waals surface area (Å²) in [5.41, 5.74) is 1.82. The number of rotatable bonds is 5. The Morgan fingerprint density at radius 2 is 2.00 bits per heavy atom. The molecule has 1 N–H and O–H groups in total. The van der Waals surface area contributed by atoms with E-state index in [2.05, 4.69) is 21.2 Å². The van der Waals surface area contributed by atoms with Gasteiger partial charge in [0.1, 0.15) is 6.04 Å². The van der Waals surface area contributed by atoms with Crippen LogP contribution in [0.2, 0.25) is 0 Å². The topological polar surface area (TPSA) is 58.6 Å². The van der Waals surface area contributed by atoms with Gasteiger partial charge in [0.05, 0.1) is 6.61 Å². The number of ether oxygens (including phenoxy) is 1. The Kier molecular flexibility index (Phi) is 6.87. The monoisotopic (exact) mass is 370 g/mol. The molecule has 1 atom stereocenters. The fourth-order valence-corrected chi connectivity index (χ4v) is 2.23. The van der Waals surface area contributed by atoms with Crippen molar-refractivity contribution in [1.29, 1.82) is 0 Å². The highest BCUT2D eigenvalue weighted by molar-refractivity contribution is 9.10. The maximum absolute atomic E-state index is 12.7. The van der Waals surface area contributed by atoms with E-state index in [4.69, 9.17) is 4.74 Å². The van der Waals surface area contributed by atoms with Crippen molar-refractivity contribution in [1.82, 2.24) is 5.32 Å². The number of nitrogens with zero attached hydrogens (tertiary/aromatic N) is 1. The summed E-state index contributed by atoms with van der Waals surface area (Å²) >= 11 is 3.44. The molecule has 0 bridgehead atoms. The molecule has 22 heavy (non-hydrogen) atoms. The van der Waals surface area contributed by atoms with Crippen LogP contribution in [0.15, 0.2) is 22.7 Å². The average molecular weight is 371 g/mol. The third-order valence-corrected chi connectivity index (χ3v) is 4.23. The fraction of sp³-hybridized carbons (Fsp3) is 0.500. The second-order valence-corrected chi connectivity index (χ2v) is 6.27. The maximum atomic E-state index is 12.7. The summed E-state index contributed by atoms with van der Waals surface area (Å²) in [6, 6.07) is 5.05. The lowest BCUT2D eigenvalue weighted by Crippen LogP contribution is -2.50. The highest BCUT2D eigenvalue weighted by Gasteiger charge is 2.28. The summed E-state index contributed by atoms with van der Waals surface area (Å²) in [6.07, 6.45) is -0.574. The molecule has 6 heteroatoms. The third kappa shape index (κ3) is 4.73. The number of nitrogens with one attached hydrogen (secondary N) is 1. The first kappa shape index (κ1) is 18.5. The molecule has 5 nitrogen and oxygen atoms in total. The molecule has 0 aromatic heterocycles. The summed E-state index contributed by atoms with van der Waals surface area (Å²) in [5, 5.41) is 2.63. The Morgan fingerprint density at radius 3 is 2.50 bits per heavy atom. The molecule has 1 aromatic carbocycles. The number of alkyl carbamates (subject to hydrolysis) is 1. The summed E-state index contributed by atoms with van der Waals surface area (Å²) in [4.78, 5) is 25.8. The van der Waals surface area contributed by atoms with Crippen molar-refractivity contribution in [2.45, 2.75) is 33.7 Å². The number of benzene rings is 1. The van der Waals surface area contributed by atoms with Crippen LogP contribution in [0, 0.1) is 12.8 Å². The molecule has 0 radical (unpaired) electrons. The minimum atomic E-state index is -0.631. The first-order chi connectivity index (χ1) is 10.3. The highest BCUT2D eigenvalue weighted by Crippen LogP contribution is 2.23. The highest BCUT2D eigenvalue weighted by atomic mass is 79.9. The lowest BCUT2D eigenvalue weighted by Gasteiger charge is -2.27. The number of carbonyl (C=O) groups excluding carboxylic acids is 2. The smallest absolute Gasteiger partial charge is 0.407 e. The van der Waals surface area contributed by atoms with Gasteiger partial charge in [-0.05, 0) is 43.5 Å². The molecule has 0 fully saturated rings. The van der Waals surface area contributed by atoms with Crippen LogP contribution in [-0.2, 0) is 9.53 Å². The lowest BCUT2D eigenvalue weighted by molar-refractivity contribution is -0.121. The predicted octanol–water partition coefficient (Wildman–Crippen LogP) is 3.49. The third-order valence-electron chi connectivity index (χ3n) is 3.34. The average Bonchev–Trinajstić information content (AvgIpc) is 2.46. The van der Waals surface area contributed by atoms with Crippen LogP contribution in [0.4, 0.5) is 10.5 Å². The Labute approximate surface area is 140 Å². The molecule has 0 aliphatic carbocycles. The van der Waals surface area contributed by atoms with Crippen molar-refractivity contribution in [3.05, 3.63) is 28.2 Å². The first-order valence-electron chi connectivity index (χ1n) is 7.24. The molecule has 1 rings (SSSR count). The van der Waals surface area contributed by atoms with E-state index < -0.39 is 12.1 Å². The Hall–Kier alpha value is -1.56. The van der Waals surface area contributed by atoms with E-state index in [0.29, 0.717) is 0 Å². The molecular formula is C16H23BrN2O3. The zero-order valence-electron chi connectivity index (χ0n) is 13.6. The van der Waals surface area contributed by atoms with Gasteiger partial charge < -0.3 is 15.0 Å². The van der Waals surface area contributed by atoms with Gasteiger partial charge in [0.15, 0.2) is 0 Å². The molecule has 0 saturated carbocycles. The van der Waals surface area contributed by atoms with Crippen molar-refractivity contribution < 1.29 is 14.3 Å². The van der Waals surface area contributed by atoms with Gasteiger partial charge in [-0.15, -0.1) is 0 Å². The molecule has 1 unspecified atom stereocenters. The van der Waals surface area contributed by atoms with Crippen LogP contribution < -0.4 is 10.2 Å². The number of hydrogen-bond acceptors (Lipinski definition) is 3. The summed E-state index contributed by atoms with van der Waals surface area (Å²) < 4.78 is 5.85. The molecule has 0 aliphatic rings. The number of amides is 2. The largest absolute Gasteiger partial charge is 0.450 e. The van der Waals surface area contributed by atoms with Gasteiger partial charge in [0, 0.05) is 17.2 Å². The lowest BCUT2D eigenvalue weighted by atomic mass is 10.0. The van der Waals surface area contributed by atoms with Gasteiger partial charge in [-0.3, -0.25) is 4.79 Å². The SMILES string of the molecule is CCOC(=O)NC(C(=O)N(C)c1ccc(Br)c(C)c1)C(C)C. The van der Waals surface area contributed by atoms with E-state index >= 15 is 0 Å². The van der Waals surface area contributed by atoms with E-state index in [1.165, 1.54) is 0 Å². The van der Waals surface area contributed by atoms with Crippen LogP contribution in [0.3, 0.4) is 0 Å². The number of aryl methyl sites for hydroxylation is 1. The Balaban J connectivity index is 2.92. The molecule has 2 amide bonds. The van der Waals surface area contributed by atoms with Crippen LogP contribution >= 0.6 is 15.9 Å². The molecular weight excluding hydrogens is 348 g/mol. The van der Waals surface area contributed by atoms with Crippen molar-refractivity contribution >= 4 is 33.6 Å². The van der Waals surface area contributed by atoms with Crippen molar-refractivity contribution in [2.75, 3.05) is 18.6 Å². The van der Waals surface area contributed by atoms with E-state index in [-0.39, 0.29) is 18.4 Å². The zero-order chi connectivity index (χ0) is 16.9. The van der Waals surface area contributed by atoms with E-state index in [1.807, 2.05) is 39.0 Å². The molecule has 0 aliphatic heterocycles. The maximum Gasteiger partial charge on any atom is 0.407 e. The quantitative estimate of drug-likeness (QED) is 0.862. The first-order valence-corrected chi connectivity index (χ1v) is 8.04. The fourth-order valence-electron chi connectivity index (χ4n) is 1.99. The number of hydrogen-bond donors (Lipinski definition) is 1. The van der Waals surface area contributed by atoms with Crippen molar-refractivity contribution in [3.63, 3.8) is 0 Å². The van der Waals surface area contributed by atoms with Crippen LogP contribution in [0.25, 0.3) is 0 Å². The van der Waals surface area contributed by atoms with E-state index in [1.54, 1.807) is 18.9 Å². The molecule has 122 valence electrons. The van der Waals surface area contributed by atoms with Crippen LogP contribution in [0.5, 0.6) is 0 Å². The van der Waals surface area contributed by atoms with E-state index in [9.17, 15) is 9.59 Å². The van der Waals surface area contributed by atoms with Gasteiger partial charge in [0.25, 0.3) is 0 Å². The predicted molar refractivity (Wildman–Crippen MR) is 91.1 cm³/mol. The molecule has 1 aromatic rings. The van der Waals surface area contributed by atoms with Gasteiger partial charge in [-0.1, -0.05) is 29.8 Å². The number of anilines is 1. The minimum Gasteiger partial charge on any atom is -0.450 e. The minimum absolute atomic E-state index is 0.0455. The number of halogens is 1. The second-order valence-electron chi connectivity index (χ2n) is 5.42. The zero-order valence-corrected chi connectivity index (χ0v) is 15.2. The van der Waals surface area contributed by atoms with E-state index in [0.717, 1.165) is 15.7 Å². The Morgan fingerprint density at radius 1 is 1.36 bits per heavy atom. The molecule has 0 spiro atoms. The number of carbonyl (C=O) groups is 2. The van der Waals surface area contributed by atoms with Crippen molar-refractivity contribution in [2.24, 2.45) is 5.92 Å². The van der Waals surface area contributed by atoms with Crippen LogP contribution in [0.1, 0.15) is 26.3 Å². The van der Waals surface area contributed by atoms with Crippen molar-refractivity contribution in [3.8, 4) is 0 Å². The molecule has 0 saturated heterocycles. The normalized spacial score (nSPS) is 12.0. The van der Waals surface area contributed by atoms with Gasteiger partial charge >= 0.3 is 6.09 Å². The summed E-state index contributed by atoms with van der Waals surface area (Å²) in [7, 11) is 1.70. The second kappa shape index (κ2) is 8.17. The number of likely N-dealkylation sites (N-methyl/N-ethyl adjacent to an activating group) is 1. The Bertz CT molecular complexity index is 546. The van der Waals surface area contributed by atoms with Gasteiger partial charge in [-0.25, -0.2) is 4.79 Å². The van der Waals surface area contributed by atoms with Crippen LogP contribution in [-0.4, -0.2) is 31.7 Å².